The van der Waals surface area contributed by atoms with E-state index in [2.05, 4.69) is 24.0 Å². The van der Waals surface area contributed by atoms with Gasteiger partial charge in [-0.3, -0.25) is 4.90 Å². The van der Waals surface area contributed by atoms with Crippen LogP contribution in [-0.2, 0) is 13.0 Å². The molecule has 1 aromatic carbocycles. The molecule has 4 nitrogen and oxygen atoms in total. The van der Waals surface area contributed by atoms with Gasteiger partial charge in [-0.2, -0.15) is 0 Å². The number of benzene rings is 1. The second kappa shape index (κ2) is 7.66. The van der Waals surface area contributed by atoms with E-state index in [1.807, 2.05) is 0 Å². The Labute approximate surface area is 128 Å². The summed E-state index contributed by atoms with van der Waals surface area (Å²) < 4.78 is 10.8. The fourth-order valence-corrected chi connectivity index (χ4v) is 2.99. The number of fused-ring (bicyclic) bond motifs is 1. The second-order valence-corrected chi connectivity index (χ2v) is 5.86. The van der Waals surface area contributed by atoms with Gasteiger partial charge in [-0.1, -0.05) is 19.8 Å². The van der Waals surface area contributed by atoms with Crippen molar-refractivity contribution in [2.45, 2.75) is 45.2 Å². The first-order valence-electron chi connectivity index (χ1n) is 7.89. The number of ether oxygens (including phenoxy) is 2. The molecule has 1 heterocycles. The Bertz CT molecular complexity index is 462. The van der Waals surface area contributed by atoms with Crippen LogP contribution >= 0.6 is 0 Å². The average Bonchev–Trinajstić information content (AvgIpc) is 2.51. The molecule has 0 amide bonds. The van der Waals surface area contributed by atoms with Crippen molar-refractivity contribution >= 4 is 0 Å². The molecular formula is C17H28N2O2. The van der Waals surface area contributed by atoms with Gasteiger partial charge in [0.25, 0.3) is 0 Å². The predicted octanol–water partition coefficient (Wildman–Crippen LogP) is 2.58. The Morgan fingerprint density at radius 3 is 2.48 bits per heavy atom. The van der Waals surface area contributed by atoms with E-state index in [0.29, 0.717) is 0 Å². The molecule has 1 atom stereocenters. The molecule has 2 rings (SSSR count). The second-order valence-electron chi connectivity index (χ2n) is 5.86. The van der Waals surface area contributed by atoms with Gasteiger partial charge in [-0.25, -0.2) is 0 Å². The molecule has 1 aromatic rings. The lowest BCUT2D eigenvalue weighted by Crippen LogP contribution is -2.40. The fraction of sp³-hybridized carbons (Fsp3) is 0.647. The number of unbranched alkanes of at least 4 members (excludes halogenated alkanes) is 1. The topological polar surface area (TPSA) is 47.7 Å². The lowest BCUT2D eigenvalue weighted by atomic mass is 9.98. The number of methoxy groups -OCH3 is 2. The molecule has 1 unspecified atom stereocenters. The highest BCUT2D eigenvalue weighted by atomic mass is 16.5. The van der Waals surface area contributed by atoms with Gasteiger partial charge >= 0.3 is 0 Å². The Balaban J connectivity index is 2.02. The van der Waals surface area contributed by atoms with Gasteiger partial charge < -0.3 is 15.2 Å². The van der Waals surface area contributed by atoms with Crippen molar-refractivity contribution in [3.05, 3.63) is 23.3 Å². The van der Waals surface area contributed by atoms with E-state index in [4.69, 9.17) is 15.2 Å². The van der Waals surface area contributed by atoms with Crippen LogP contribution in [0.4, 0.5) is 0 Å². The van der Waals surface area contributed by atoms with Crippen molar-refractivity contribution in [1.29, 1.82) is 0 Å². The summed E-state index contributed by atoms with van der Waals surface area (Å²) in [7, 11) is 3.37. The first-order chi connectivity index (χ1) is 10.2. The third-order valence-electron chi connectivity index (χ3n) is 4.22. The SMILES string of the molecule is CCCCC(N)CN1CCc2cc(OC)c(OC)cc2C1. The maximum Gasteiger partial charge on any atom is 0.161 e. The summed E-state index contributed by atoms with van der Waals surface area (Å²) >= 11 is 0. The van der Waals surface area contributed by atoms with Crippen molar-refractivity contribution in [3.8, 4) is 11.5 Å². The van der Waals surface area contributed by atoms with Crippen LogP contribution in [0.25, 0.3) is 0 Å². The molecule has 0 fully saturated rings. The van der Waals surface area contributed by atoms with Crippen LogP contribution < -0.4 is 15.2 Å². The first-order valence-corrected chi connectivity index (χ1v) is 7.89. The number of nitrogens with two attached hydrogens (primary N) is 1. The number of nitrogens with zero attached hydrogens (tertiary/aromatic N) is 1. The summed E-state index contributed by atoms with van der Waals surface area (Å²) in [5.74, 6) is 1.64. The molecule has 0 bridgehead atoms. The molecular weight excluding hydrogens is 264 g/mol. The lowest BCUT2D eigenvalue weighted by molar-refractivity contribution is 0.232. The monoisotopic (exact) mass is 292 g/mol. The molecule has 118 valence electrons. The molecule has 0 aromatic heterocycles. The van der Waals surface area contributed by atoms with Gasteiger partial charge in [0.1, 0.15) is 0 Å². The van der Waals surface area contributed by atoms with Crippen LogP contribution in [0.15, 0.2) is 12.1 Å². The average molecular weight is 292 g/mol. The van der Waals surface area contributed by atoms with Crippen molar-refractivity contribution < 1.29 is 9.47 Å². The van der Waals surface area contributed by atoms with E-state index in [0.717, 1.165) is 44.0 Å². The third kappa shape index (κ3) is 4.11. The van der Waals surface area contributed by atoms with Crippen LogP contribution in [0.1, 0.15) is 37.3 Å². The summed E-state index contributed by atoms with van der Waals surface area (Å²) in [4.78, 5) is 2.45. The Morgan fingerprint density at radius 2 is 1.86 bits per heavy atom. The number of hydrogen-bond acceptors (Lipinski definition) is 4. The number of hydrogen-bond donors (Lipinski definition) is 1. The smallest absolute Gasteiger partial charge is 0.161 e. The minimum atomic E-state index is 0.284. The number of rotatable bonds is 7. The Kier molecular flexibility index (Phi) is 5.88. The summed E-state index contributed by atoms with van der Waals surface area (Å²) in [6.45, 7) is 5.22. The molecule has 21 heavy (non-hydrogen) atoms. The Morgan fingerprint density at radius 1 is 1.19 bits per heavy atom. The summed E-state index contributed by atoms with van der Waals surface area (Å²) in [6, 6.07) is 4.51. The molecule has 0 saturated heterocycles. The van der Waals surface area contributed by atoms with Crippen LogP contribution in [0, 0.1) is 0 Å². The quantitative estimate of drug-likeness (QED) is 0.839. The maximum atomic E-state index is 6.23. The first kappa shape index (κ1) is 16.1. The highest BCUT2D eigenvalue weighted by Gasteiger charge is 2.20. The summed E-state index contributed by atoms with van der Waals surface area (Å²) in [5.41, 5.74) is 8.93. The molecule has 2 N–H and O–H groups in total. The predicted molar refractivity (Wildman–Crippen MR) is 86.0 cm³/mol. The standard InChI is InChI=1S/C17H28N2O2/c1-4-5-6-15(18)12-19-8-7-13-9-16(20-2)17(21-3)10-14(13)11-19/h9-10,15H,4-8,11-12,18H2,1-3H3. The molecule has 0 saturated carbocycles. The van der Waals surface area contributed by atoms with E-state index in [9.17, 15) is 0 Å². The molecule has 1 aliphatic rings. The van der Waals surface area contributed by atoms with Crippen LogP contribution in [0.5, 0.6) is 11.5 Å². The lowest BCUT2D eigenvalue weighted by Gasteiger charge is -2.31. The third-order valence-corrected chi connectivity index (χ3v) is 4.22. The summed E-state index contributed by atoms with van der Waals surface area (Å²) in [5, 5.41) is 0. The van der Waals surface area contributed by atoms with Crippen molar-refractivity contribution in [2.24, 2.45) is 5.73 Å². The van der Waals surface area contributed by atoms with E-state index in [1.54, 1.807) is 14.2 Å². The largest absolute Gasteiger partial charge is 0.493 e. The molecule has 1 aliphatic heterocycles. The molecule has 0 spiro atoms. The van der Waals surface area contributed by atoms with Crippen molar-refractivity contribution in [3.63, 3.8) is 0 Å². The fourth-order valence-electron chi connectivity index (χ4n) is 2.99. The van der Waals surface area contributed by atoms with Crippen molar-refractivity contribution in [1.82, 2.24) is 4.90 Å². The highest BCUT2D eigenvalue weighted by molar-refractivity contribution is 5.48. The highest BCUT2D eigenvalue weighted by Crippen LogP contribution is 2.33. The minimum Gasteiger partial charge on any atom is -0.493 e. The van der Waals surface area contributed by atoms with E-state index in [-0.39, 0.29) is 6.04 Å². The van der Waals surface area contributed by atoms with Crippen LogP contribution in [0.3, 0.4) is 0 Å². The minimum absolute atomic E-state index is 0.284. The normalized spacial score (nSPS) is 16.4. The zero-order valence-corrected chi connectivity index (χ0v) is 13.5. The Hall–Kier alpha value is -1.26. The molecule has 0 aliphatic carbocycles. The van der Waals surface area contributed by atoms with Crippen LogP contribution in [0.2, 0.25) is 0 Å². The molecule has 0 radical (unpaired) electrons. The zero-order valence-electron chi connectivity index (χ0n) is 13.5. The van der Waals surface area contributed by atoms with Gasteiger partial charge in [0.05, 0.1) is 14.2 Å². The van der Waals surface area contributed by atoms with Gasteiger partial charge in [0.15, 0.2) is 11.5 Å². The molecule has 4 heteroatoms. The van der Waals surface area contributed by atoms with E-state index >= 15 is 0 Å². The van der Waals surface area contributed by atoms with Gasteiger partial charge in [0.2, 0.25) is 0 Å². The van der Waals surface area contributed by atoms with E-state index in [1.165, 1.54) is 24.0 Å². The van der Waals surface area contributed by atoms with Gasteiger partial charge in [-0.15, -0.1) is 0 Å². The van der Waals surface area contributed by atoms with Gasteiger partial charge in [-0.05, 0) is 36.1 Å². The van der Waals surface area contributed by atoms with Crippen LogP contribution in [-0.4, -0.2) is 38.3 Å². The van der Waals surface area contributed by atoms with Gasteiger partial charge in [0, 0.05) is 25.7 Å². The summed E-state index contributed by atoms with van der Waals surface area (Å²) in [6.07, 6.45) is 4.60. The van der Waals surface area contributed by atoms with Crippen molar-refractivity contribution in [2.75, 3.05) is 27.3 Å². The van der Waals surface area contributed by atoms with E-state index < -0.39 is 0 Å². The zero-order chi connectivity index (χ0) is 15.2. The maximum absolute atomic E-state index is 6.23.